The summed E-state index contributed by atoms with van der Waals surface area (Å²) in [5.74, 6) is -48.9. The number of fused-ring (bicyclic) bond motifs is 1. The molecule has 0 aromatic heterocycles. The second-order valence-corrected chi connectivity index (χ2v) is 8.43. The summed E-state index contributed by atoms with van der Waals surface area (Å²) < 4.78 is 202. The van der Waals surface area contributed by atoms with E-state index in [9.17, 15) is 70.7 Å². The van der Waals surface area contributed by atoms with Crippen LogP contribution in [0.2, 0.25) is 0 Å². The molecule has 40 heavy (non-hydrogen) atoms. The van der Waals surface area contributed by atoms with Gasteiger partial charge in [0.1, 0.15) is 0 Å². The van der Waals surface area contributed by atoms with Crippen molar-refractivity contribution in [3.05, 3.63) is 60.7 Å². The zero-order valence-corrected chi connectivity index (χ0v) is 19.5. The summed E-state index contributed by atoms with van der Waals surface area (Å²) in [7, 11) is 0. The number of hydrogen-bond acceptors (Lipinski definition) is 1. The molecule has 17 heteroatoms. The Kier molecular flexibility index (Phi) is 8.56. The van der Waals surface area contributed by atoms with Crippen LogP contribution in [0.4, 0.5) is 65.9 Å². The minimum atomic E-state index is -8.39. The van der Waals surface area contributed by atoms with Crippen LogP contribution in [-0.2, 0) is 11.2 Å². The average Bonchev–Trinajstić information content (AvgIpc) is 2.84. The molecular formula is C23H16F15NO. The summed E-state index contributed by atoms with van der Waals surface area (Å²) in [5.41, 5.74) is 0.293. The molecule has 0 fully saturated rings. The van der Waals surface area contributed by atoms with Crippen LogP contribution in [-0.4, -0.2) is 65.6 Å². The van der Waals surface area contributed by atoms with Gasteiger partial charge in [0.2, 0.25) is 5.91 Å². The molecule has 0 atom stereocenters. The first kappa shape index (κ1) is 33.1. The lowest BCUT2D eigenvalue weighted by Crippen LogP contribution is -2.73. The van der Waals surface area contributed by atoms with E-state index in [0.717, 1.165) is 0 Å². The number of rotatable bonds is 11. The van der Waals surface area contributed by atoms with E-state index in [1.54, 1.807) is 18.2 Å². The molecule has 0 aliphatic heterocycles. The van der Waals surface area contributed by atoms with Gasteiger partial charge in [0.15, 0.2) is 0 Å². The van der Waals surface area contributed by atoms with Gasteiger partial charge in [-0.2, -0.15) is 65.9 Å². The normalized spacial score (nSPS) is 14.4. The van der Waals surface area contributed by atoms with Crippen molar-refractivity contribution < 1.29 is 70.7 Å². The minimum Gasteiger partial charge on any atom is -0.333 e. The molecule has 0 aliphatic carbocycles. The number of hydrogen-bond donors (Lipinski definition) is 0. The molecule has 0 radical (unpaired) electrons. The molecule has 0 spiro atoms. The van der Waals surface area contributed by atoms with Crippen molar-refractivity contribution in [2.45, 2.75) is 48.1 Å². The second kappa shape index (κ2) is 10.4. The zero-order chi connectivity index (χ0) is 31.2. The summed E-state index contributed by atoms with van der Waals surface area (Å²) in [6.45, 7) is -0.996. The van der Waals surface area contributed by atoms with E-state index in [4.69, 9.17) is 0 Å². The third-order valence-corrected chi connectivity index (χ3v) is 5.80. The standard InChI is InChI=1S/C23H16F15NO/c1-2-16(40)39(11-10-14-8-5-7-13-6-3-4-9-15(13)14)12-17(24,25)18(26,27)19(28,29)20(30,31)21(32,33)22(34,35)23(36,37)38/h2-9H,1,10-12H2. The largest absolute Gasteiger partial charge is 0.460 e. The molecule has 0 N–H and O–H groups in total. The van der Waals surface area contributed by atoms with E-state index < -0.39 is 67.1 Å². The van der Waals surface area contributed by atoms with Gasteiger partial charge in [-0.15, -0.1) is 0 Å². The number of carbonyl (C=O) groups is 1. The van der Waals surface area contributed by atoms with Crippen molar-refractivity contribution in [1.29, 1.82) is 0 Å². The summed E-state index contributed by atoms with van der Waals surface area (Å²) >= 11 is 0. The Hall–Kier alpha value is -3.14. The summed E-state index contributed by atoms with van der Waals surface area (Å²) in [6, 6.07) is 10.7. The fraction of sp³-hybridized carbons (Fsp3) is 0.435. The third kappa shape index (κ3) is 5.18. The molecule has 1 amide bonds. The van der Waals surface area contributed by atoms with E-state index in [-0.39, 0.29) is 11.0 Å². The van der Waals surface area contributed by atoms with E-state index in [2.05, 4.69) is 6.58 Å². The molecule has 2 aromatic rings. The third-order valence-electron chi connectivity index (χ3n) is 5.80. The van der Waals surface area contributed by atoms with Crippen LogP contribution in [0, 0.1) is 0 Å². The highest BCUT2D eigenvalue weighted by molar-refractivity contribution is 5.87. The highest BCUT2D eigenvalue weighted by atomic mass is 19.4. The van der Waals surface area contributed by atoms with Crippen molar-refractivity contribution in [3.63, 3.8) is 0 Å². The lowest BCUT2D eigenvalue weighted by atomic mass is 9.91. The monoisotopic (exact) mass is 607 g/mol. The van der Waals surface area contributed by atoms with Crippen LogP contribution in [0.3, 0.4) is 0 Å². The van der Waals surface area contributed by atoms with Crippen molar-refractivity contribution in [2.75, 3.05) is 13.1 Å². The molecule has 2 nitrogen and oxygen atoms in total. The molecule has 0 heterocycles. The SMILES string of the molecule is C=CC(=O)N(CCc1cccc2ccccc12)CC(F)(F)C(F)(F)C(F)(F)C(F)(F)C(F)(F)C(F)(F)C(F)(F)F. The van der Waals surface area contributed by atoms with Gasteiger partial charge in [-0.1, -0.05) is 49.0 Å². The zero-order valence-electron chi connectivity index (χ0n) is 19.5. The molecule has 0 saturated heterocycles. The molecule has 0 aliphatic rings. The van der Waals surface area contributed by atoms with Gasteiger partial charge < -0.3 is 4.90 Å². The first-order valence-corrected chi connectivity index (χ1v) is 10.6. The second-order valence-electron chi connectivity index (χ2n) is 8.43. The Morgan fingerprint density at radius 1 is 0.675 bits per heavy atom. The first-order valence-electron chi connectivity index (χ1n) is 10.6. The van der Waals surface area contributed by atoms with Crippen LogP contribution in [0.15, 0.2) is 55.1 Å². The Labute approximate surface area is 215 Å². The molecule has 0 saturated carbocycles. The fourth-order valence-electron chi connectivity index (χ4n) is 3.50. The quantitative estimate of drug-likeness (QED) is 0.189. The number of nitrogens with zero attached hydrogens (tertiary/aromatic N) is 1. The van der Waals surface area contributed by atoms with Gasteiger partial charge in [-0.25, -0.2) is 0 Å². The maximum absolute atomic E-state index is 14.4. The van der Waals surface area contributed by atoms with E-state index in [0.29, 0.717) is 16.3 Å². The molecule has 0 bridgehead atoms. The van der Waals surface area contributed by atoms with E-state index in [1.165, 1.54) is 24.3 Å². The number of carbonyl (C=O) groups excluding carboxylic acids is 1. The lowest BCUT2D eigenvalue weighted by molar-refractivity contribution is -0.452. The summed E-state index contributed by atoms with van der Waals surface area (Å²) in [6.07, 6.45) is -7.89. The number of amides is 1. The number of benzene rings is 2. The Morgan fingerprint density at radius 3 is 1.68 bits per heavy atom. The van der Waals surface area contributed by atoms with Crippen molar-refractivity contribution >= 4 is 16.7 Å². The molecule has 2 aromatic carbocycles. The average molecular weight is 607 g/mol. The predicted octanol–water partition coefficient (Wildman–Crippen LogP) is 7.77. The highest BCUT2D eigenvalue weighted by Crippen LogP contribution is 2.62. The maximum Gasteiger partial charge on any atom is 0.460 e. The van der Waals surface area contributed by atoms with Gasteiger partial charge in [0.25, 0.3) is 0 Å². The maximum atomic E-state index is 14.4. The topological polar surface area (TPSA) is 20.3 Å². The Balaban J connectivity index is 2.45. The molecular weight excluding hydrogens is 591 g/mol. The highest BCUT2D eigenvalue weighted by Gasteiger charge is 2.93. The van der Waals surface area contributed by atoms with Crippen molar-refractivity contribution in [1.82, 2.24) is 4.90 Å². The Bertz CT molecular complexity index is 1230. The van der Waals surface area contributed by atoms with Gasteiger partial charge >= 0.3 is 41.7 Å². The molecule has 0 unspecified atom stereocenters. The van der Waals surface area contributed by atoms with Crippen LogP contribution < -0.4 is 0 Å². The smallest absolute Gasteiger partial charge is 0.333 e. The van der Waals surface area contributed by atoms with Crippen LogP contribution in [0.5, 0.6) is 0 Å². The van der Waals surface area contributed by atoms with Crippen LogP contribution in [0.1, 0.15) is 5.56 Å². The fourth-order valence-corrected chi connectivity index (χ4v) is 3.50. The van der Waals surface area contributed by atoms with Crippen LogP contribution >= 0.6 is 0 Å². The summed E-state index contributed by atoms with van der Waals surface area (Å²) in [4.78, 5) is 11.7. The summed E-state index contributed by atoms with van der Waals surface area (Å²) in [5, 5.41) is 1.05. The van der Waals surface area contributed by atoms with E-state index >= 15 is 0 Å². The lowest BCUT2D eigenvalue weighted by Gasteiger charge is -2.42. The van der Waals surface area contributed by atoms with Gasteiger partial charge in [-0.3, -0.25) is 4.79 Å². The van der Waals surface area contributed by atoms with Gasteiger partial charge in [-0.05, 0) is 28.8 Å². The van der Waals surface area contributed by atoms with Crippen molar-refractivity contribution in [2.24, 2.45) is 0 Å². The number of halogens is 15. The first-order chi connectivity index (χ1) is 17.9. The number of alkyl halides is 15. The minimum absolute atomic E-state index is 0.224. The predicted molar refractivity (Wildman–Crippen MR) is 110 cm³/mol. The Morgan fingerprint density at radius 2 is 1.15 bits per heavy atom. The molecule has 224 valence electrons. The van der Waals surface area contributed by atoms with Crippen molar-refractivity contribution in [3.8, 4) is 0 Å². The van der Waals surface area contributed by atoms with E-state index in [1.807, 2.05) is 0 Å². The van der Waals surface area contributed by atoms with Crippen LogP contribution in [0.25, 0.3) is 10.8 Å². The molecule has 2 rings (SSSR count). The van der Waals surface area contributed by atoms with Gasteiger partial charge in [0.05, 0.1) is 6.54 Å². The van der Waals surface area contributed by atoms with Gasteiger partial charge in [0, 0.05) is 6.54 Å².